The van der Waals surface area contributed by atoms with Crippen molar-refractivity contribution in [3.63, 3.8) is 0 Å². The molecular formula is C10H12ClNO4. The first-order valence-corrected chi connectivity index (χ1v) is 4.92. The molecule has 0 aliphatic rings. The number of carbonyl (C=O) groups excluding carboxylic acids is 1. The van der Waals surface area contributed by atoms with Gasteiger partial charge in [0.15, 0.2) is 0 Å². The highest BCUT2D eigenvalue weighted by Gasteiger charge is 2.21. The maximum absolute atomic E-state index is 10.6. The number of aromatic hydroxyl groups is 1. The number of aliphatic hydroxyl groups excluding tert-OH is 2. The first-order valence-electron chi connectivity index (χ1n) is 4.54. The minimum atomic E-state index is -1.32. The van der Waals surface area contributed by atoms with E-state index in [9.17, 15) is 20.1 Å². The topological polar surface area (TPSA) is 104 Å². The normalized spacial score (nSPS) is 14.4. The molecule has 5 nitrogen and oxygen atoms in total. The molecule has 88 valence electrons. The summed E-state index contributed by atoms with van der Waals surface area (Å²) in [5, 5.41) is 28.6. The third-order valence-corrected chi connectivity index (χ3v) is 2.24. The van der Waals surface area contributed by atoms with E-state index >= 15 is 0 Å². The summed E-state index contributed by atoms with van der Waals surface area (Å²) in [6, 6.07) is 3.93. The number of carbonyl (C=O) groups is 1. The molecule has 0 radical (unpaired) electrons. The fourth-order valence-corrected chi connectivity index (χ4v) is 1.54. The van der Waals surface area contributed by atoms with E-state index in [-0.39, 0.29) is 22.8 Å². The number of phenolic OH excluding ortho intramolecular Hbond substituents is 1. The number of hydrogen-bond donors (Lipinski definition) is 4. The van der Waals surface area contributed by atoms with Crippen molar-refractivity contribution in [3.05, 3.63) is 28.8 Å². The lowest BCUT2D eigenvalue weighted by Crippen LogP contribution is -2.25. The van der Waals surface area contributed by atoms with Crippen LogP contribution in [-0.4, -0.2) is 27.3 Å². The van der Waals surface area contributed by atoms with Gasteiger partial charge < -0.3 is 21.1 Å². The highest BCUT2D eigenvalue weighted by Crippen LogP contribution is 2.26. The summed E-state index contributed by atoms with van der Waals surface area (Å²) in [6.45, 7) is 0. The van der Waals surface area contributed by atoms with Crippen LogP contribution in [0, 0.1) is 0 Å². The van der Waals surface area contributed by atoms with E-state index in [4.69, 9.17) is 17.3 Å². The van der Waals surface area contributed by atoms with Gasteiger partial charge in [0.25, 0.3) is 0 Å². The van der Waals surface area contributed by atoms with Gasteiger partial charge >= 0.3 is 0 Å². The molecule has 0 aliphatic carbocycles. The third kappa shape index (κ3) is 3.37. The molecule has 1 aromatic carbocycles. The van der Waals surface area contributed by atoms with Crippen LogP contribution in [0.4, 0.5) is 0 Å². The Morgan fingerprint density at radius 1 is 1.38 bits per heavy atom. The zero-order chi connectivity index (χ0) is 12.3. The quantitative estimate of drug-likeness (QED) is 0.613. The molecule has 2 atom stereocenters. The predicted molar refractivity (Wildman–Crippen MR) is 57.9 cm³/mol. The van der Waals surface area contributed by atoms with E-state index < -0.39 is 18.1 Å². The Kier molecular flexibility index (Phi) is 4.12. The second-order valence-corrected chi connectivity index (χ2v) is 3.86. The molecule has 0 aliphatic heterocycles. The van der Waals surface area contributed by atoms with Crippen LogP contribution >= 0.6 is 11.6 Å². The Hall–Kier alpha value is -1.30. The Morgan fingerprint density at radius 3 is 2.50 bits per heavy atom. The number of halogens is 1. The summed E-state index contributed by atoms with van der Waals surface area (Å²) in [5.74, 6) is -0.856. The van der Waals surface area contributed by atoms with Crippen molar-refractivity contribution < 1.29 is 20.1 Å². The monoisotopic (exact) mass is 245 g/mol. The van der Waals surface area contributed by atoms with Crippen LogP contribution in [0.3, 0.4) is 0 Å². The summed E-state index contributed by atoms with van der Waals surface area (Å²) in [6.07, 6.45) is -3.01. The lowest BCUT2D eigenvalue weighted by atomic mass is 10.0. The molecule has 6 heteroatoms. The summed E-state index contributed by atoms with van der Waals surface area (Å²) >= 11 is 5.66. The van der Waals surface area contributed by atoms with Crippen LogP contribution in [0.5, 0.6) is 5.75 Å². The third-order valence-electron chi connectivity index (χ3n) is 2.02. The Morgan fingerprint density at radius 2 is 2.00 bits per heavy atom. The Labute approximate surface area is 97.1 Å². The molecule has 16 heavy (non-hydrogen) atoms. The standard InChI is InChI=1S/C10H12ClNO4/c11-6-1-5(2-7(13)3-6)10(16)8(14)4-9(12)15/h1-3,8,10,13-14,16H,4H2,(H2,12,15). The molecule has 1 amide bonds. The first kappa shape index (κ1) is 12.8. The van der Waals surface area contributed by atoms with Crippen LogP contribution < -0.4 is 5.73 Å². The fourth-order valence-electron chi connectivity index (χ4n) is 1.31. The molecule has 1 rings (SSSR count). The molecular weight excluding hydrogens is 234 g/mol. The number of amides is 1. The lowest BCUT2D eigenvalue weighted by Gasteiger charge is -2.17. The molecule has 0 heterocycles. The SMILES string of the molecule is NC(=O)CC(O)C(O)c1cc(O)cc(Cl)c1. The predicted octanol–water partition coefficient (Wildman–Crippen LogP) is 0.315. The lowest BCUT2D eigenvalue weighted by molar-refractivity contribution is -0.121. The number of hydrogen-bond acceptors (Lipinski definition) is 4. The molecule has 2 unspecified atom stereocenters. The summed E-state index contributed by atoms with van der Waals surface area (Å²) in [7, 11) is 0. The van der Waals surface area contributed by atoms with Gasteiger partial charge in [0.1, 0.15) is 11.9 Å². The summed E-state index contributed by atoms with van der Waals surface area (Å²) in [4.78, 5) is 10.6. The van der Waals surface area contributed by atoms with E-state index in [1.165, 1.54) is 18.2 Å². The zero-order valence-electron chi connectivity index (χ0n) is 8.30. The maximum Gasteiger partial charge on any atom is 0.220 e. The van der Waals surface area contributed by atoms with Crippen molar-refractivity contribution in [2.75, 3.05) is 0 Å². The molecule has 0 aromatic heterocycles. The van der Waals surface area contributed by atoms with Gasteiger partial charge in [-0.05, 0) is 23.8 Å². The van der Waals surface area contributed by atoms with E-state index in [0.717, 1.165) is 0 Å². The fraction of sp³-hybridized carbons (Fsp3) is 0.300. The number of phenols is 1. The van der Waals surface area contributed by atoms with E-state index in [1.807, 2.05) is 0 Å². The van der Waals surface area contributed by atoms with Gasteiger partial charge in [0.05, 0.1) is 12.5 Å². The Balaban J connectivity index is 2.86. The van der Waals surface area contributed by atoms with Gasteiger partial charge in [0, 0.05) is 5.02 Å². The van der Waals surface area contributed by atoms with Crippen LogP contribution in [-0.2, 0) is 4.79 Å². The van der Waals surface area contributed by atoms with Crippen LogP contribution in [0.25, 0.3) is 0 Å². The summed E-state index contributed by atoms with van der Waals surface area (Å²) < 4.78 is 0. The van der Waals surface area contributed by atoms with Crippen molar-refractivity contribution in [3.8, 4) is 5.75 Å². The molecule has 0 fully saturated rings. The van der Waals surface area contributed by atoms with Gasteiger partial charge in [0.2, 0.25) is 5.91 Å². The number of aliphatic hydroxyl groups is 2. The second kappa shape index (κ2) is 5.16. The maximum atomic E-state index is 10.6. The second-order valence-electron chi connectivity index (χ2n) is 3.43. The largest absolute Gasteiger partial charge is 0.508 e. The van der Waals surface area contributed by atoms with Crippen LogP contribution in [0.1, 0.15) is 18.1 Å². The average molecular weight is 246 g/mol. The highest BCUT2D eigenvalue weighted by atomic mass is 35.5. The van der Waals surface area contributed by atoms with Crippen LogP contribution in [0.15, 0.2) is 18.2 Å². The molecule has 0 saturated carbocycles. The van der Waals surface area contributed by atoms with E-state index in [0.29, 0.717) is 0 Å². The Bertz CT molecular complexity index is 376. The van der Waals surface area contributed by atoms with Crippen molar-refractivity contribution in [1.82, 2.24) is 0 Å². The zero-order valence-corrected chi connectivity index (χ0v) is 9.05. The minimum absolute atomic E-state index is 0.132. The van der Waals surface area contributed by atoms with Crippen molar-refractivity contribution in [1.29, 1.82) is 0 Å². The van der Waals surface area contributed by atoms with Gasteiger partial charge in [-0.1, -0.05) is 11.6 Å². The highest BCUT2D eigenvalue weighted by molar-refractivity contribution is 6.30. The smallest absolute Gasteiger partial charge is 0.220 e. The van der Waals surface area contributed by atoms with Crippen LogP contribution in [0.2, 0.25) is 5.02 Å². The summed E-state index contributed by atoms with van der Waals surface area (Å²) in [5.41, 5.74) is 5.10. The number of rotatable bonds is 4. The van der Waals surface area contributed by atoms with Crippen molar-refractivity contribution in [2.24, 2.45) is 5.73 Å². The first-order chi connectivity index (χ1) is 7.40. The number of nitrogens with two attached hydrogens (primary N) is 1. The molecule has 1 aromatic rings. The van der Waals surface area contributed by atoms with Gasteiger partial charge in [-0.25, -0.2) is 0 Å². The average Bonchev–Trinajstić information content (AvgIpc) is 2.13. The minimum Gasteiger partial charge on any atom is -0.508 e. The molecule has 5 N–H and O–H groups in total. The number of primary amides is 1. The molecule has 0 bridgehead atoms. The number of benzene rings is 1. The molecule has 0 spiro atoms. The van der Waals surface area contributed by atoms with Crippen molar-refractivity contribution in [2.45, 2.75) is 18.6 Å². The van der Waals surface area contributed by atoms with Gasteiger partial charge in [-0.2, -0.15) is 0 Å². The van der Waals surface area contributed by atoms with E-state index in [2.05, 4.69) is 0 Å². The van der Waals surface area contributed by atoms with Gasteiger partial charge in [-0.3, -0.25) is 4.79 Å². The van der Waals surface area contributed by atoms with Gasteiger partial charge in [-0.15, -0.1) is 0 Å². The van der Waals surface area contributed by atoms with E-state index in [1.54, 1.807) is 0 Å². The van der Waals surface area contributed by atoms with Crippen molar-refractivity contribution >= 4 is 17.5 Å². The molecule has 0 saturated heterocycles.